The lowest BCUT2D eigenvalue weighted by Crippen LogP contribution is -2.44. The van der Waals surface area contributed by atoms with E-state index >= 15 is 0 Å². The average Bonchev–Trinajstić information content (AvgIpc) is 3.07. The highest BCUT2D eigenvalue weighted by Crippen LogP contribution is 2.36. The summed E-state index contributed by atoms with van der Waals surface area (Å²) in [6, 6.07) is 8.11. The van der Waals surface area contributed by atoms with E-state index in [0.29, 0.717) is 19.3 Å². The van der Waals surface area contributed by atoms with Crippen LogP contribution in [0.25, 0.3) is 10.2 Å². The Morgan fingerprint density at radius 1 is 1.15 bits per heavy atom. The largest absolute Gasteiger partial charge is 0.481 e. The summed E-state index contributed by atoms with van der Waals surface area (Å²) < 4.78 is 1.20. The smallest absolute Gasteiger partial charge is 0.311 e. The number of carbonyl (C=O) groups excluding carboxylic acids is 1. The molecule has 0 saturated heterocycles. The number of para-hydroxylation sites is 1. The van der Waals surface area contributed by atoms with E-state index in [2.05, 4.69) is 16.4 Å². The Balaban J connectivity index is 1.39. The third kappa shape index (κ3) is 4.61. The maximum absolute atomic E-state index is 12.1. The van der Waals surface area contributed by atoms with Crippen molar-refractivity contribution in [2.24, 2.45) is 5.41 Å². The molecule has 1 aromatic heterocycles. The molecule has 1 amide bonds. The fraction of sp³-hybridized carbons (Fsp3) is 0.550. The van der Waals surface area contributed by atoms with Crippen LogP contribution in [0.15, 0.2) is 24.3 Å². The molecule has 0 atom stereocenters. The van der Waals surface area contributed by atoms with Gasteiger partial charge in [-0.15, -0.1) is 11.3 Å². The number of hydrogen-bond acceptors (Lipinski definition) is 4. The Kier molecular flexibility index (Phi) is 6.25. The molecular formula is C20H26N2O3S. The van der Waals surface area contributed by atoms with Gasteiger partial charge < -0.3 is 10.4 Å². The highest BCUT2D eigenvalue weighted by molar-refractivity contribution is 7.18. The second kappa shape index (κ2) is 8.62. The normalized spacial score (nSPS) is 16.5. The number of fused-ring (bicyclic) bond motifs is 1. The van der Waals surface area contributed by atoms with Crippen LogP contribution in [-0.4, -0.2) is 28.5 Å². The van der Waals surface area contributed by atoms with Gasteiger partial charge in [0.15, 0.2) is 0 Å². The number of carboxylic acids is 1. The van der Waals surface area contributed by atoms with Gasteiger partial charge in [-0.25, -0.2) is 4.98 Å². The summed E-state index contributed by atoms with van der Waals surface area (Å²) in [6.07, 6.45) is 7.33. The molecule has 0 radical (unpaired) electrons. The van der Waals surface area contributed by atoms with E-state index < -0.39 is 11.4 Å². The third-order valence-electron chi connectivity index (χ3n) is 5.27. The number of aromatic nitrogens is 1. The fourth-order valence-electron chi connectivity index (χ4n) is 3.64. The van der Waals surface area contributed by atoms with Crippen molar-refractivity contribution in [3.8, 4) is 0 Å². The number of hydrogen-bond donors (Lipinski definition) is 2. The number of rotatable bonds is 8. The van der Waals surface area contributed by atoms with Crippen LogP contribution in [0.1, 0.15) is 56.4 Å². The van der Waals surface area contributed by atoms with Gasteiger partial charge in [-0.3, -0.25) is 9.59 Å². The van der Waals surface area contributed by atoms with Gasteiger partial charge in [0.1, 0.15) is 0 Å². The molecule has 1 saturated carbocycles. The fourth-order valence-corrected chi connectivity index (χ4v) is 4.65. The second-order valence-electron chi connectivity index (χ2n) is 7.21. The van der Waals surface area contributed by atoms with Crippen LogP contribution in [0.3, 0.4) is 0 Å². The lowest BCUT2D eigenvalue weighted by atomic mass is 9.74. The van der Waals surface area contributed by atoms with E-state index in [4.69, 9.17) is 0 Å². The van der Waals surface area contributed by atoms with Crippen molar-refractivity contribution >= 4 is 33.4 Å². The number of aryl methyl sites for hydroxylation is 1. The van der Waals surface area contributed by atoms with Crippen molar-refractivity contribution in [1.29, 1.82) is 0 Å². The van der Waals surface area contributed by atoms with Crippen LogP contribution in [0.2, 0.25) is 0 Å². The molecule has 5 nitrogen and oxygen atoms in total. The summed E-state index contributed by atoms with van der Waals surface area (Å²) in [5.41, 5.74) is 0.284. The van der Waals surface area contributed by atoms with Crippen LogP contribution >= 0.6 is 11.3 Å². The van der Waals surface area contributed by atoms with Crippen molar-refractivity contribution in [2.75, 3.05) is 6.54 Å². The summed E-state index contributed by atoms with van der Waals surface area (Å²) in [7, 11) is 0. The van der Waals surface area contributed by atoms with Crippen molar-refractivity contribution in [3.63, 3.8) is 0 Å². The molecule has 0 aliphatic heterocycles. The first kappa shape index (κ1) is 18.8. The van der Waals surface area contributed by atoms with Crippen LogP contribution in [0.5, 0.6) is 0 Å². The minimum atomic E-state index is -0.770. The van der Waals surface area contributed by atoms with Gasteiger partial charge in [-0.05, 0) is 44.2 Å². The number of thiazole rings is 1. The molecule has 0 unspecified atom stereocenters. The van der Waals surface area contributed by atoms with E-state index in [1.807, 2.05) is 18.2 Å². The van der Waals surface area contributed by atoms with Crippen molar-refractivity contribution in [2.45, 2.75) is 57.8 Å². The third-order valence-corrected chi connectivity index (χ3v) is 6.37. The Labute approximate surface area is 157 Å². The highest BCUT2D eigenvalue weighted by Gasteiger charge is 2.39. The SMILES string of the molecule is O=C(CCCCc1nc2ccccc2s1)NCC1(C(=O)O)CCCCC1. The Morgan fingerprint density at radius 2 is 1.92 bits per heavy atom. The minimum Gasteiger partial charge on any atom is -0.481 e. The Morgan fingerprint density at radius 3 is 2.65 bits per heavy atom. The van der Waals surface area contributed by atoms with E-state index in [1.165, 1.54) is 4.70 Å². The minimum absolute atomic E-state index is 0.0412. The first-order chi connectivity index (χ1) is 12.6. The van der Waals surface area contributed by atoms with Gasteiger partial charge in [0.25, 0.3) is 0 Å². The summed E-state index contributed by atoms with van der Waals surface area (Å²) in [5.74, 6) is -0.811. The molecule has 3 rings (SSSR count). The number of aliphatic carboxylic acids is 1. The molecule has 1 aromatic carbocycles. The predicted molar refractivity (Wildman–Crippen MR) is 103 cm³/mol. The molecular weight excluding hydrogens is 348 g/mol. The van der Waals surface area contributed by atoms with Crippen LogP contribution in [0, 0.1) is 5.41 Å². The zero-order chi connectivity index (χ0) is 18.4. The molecule has 1 heterocycles. The summed E-state index contributed by atoms with van der Waals surface area (Å²) >= 11 is 1.71. The molecule has 6 heteroatoms. The maximum Gasteiger partial charge on any atom is 0.311 e. The van der Waals surface area contributed by atoms with Crippen LogP contribution < -0.4 is 5.32 Å². The number of nitrogens with one attached hydrogen (secondary N) is 1. The summed E-state index contributed by atoms with van der Waals surface area (Å²) in [6.45, 7) is 0.263. The van der Waals surface area contributed by atoms with E-state index in [9.17, 15) is 14.7 Å². The maximum atomic E-state index is 12.1. The number of carbonyl (C=O) groups is 2. The number of carboxylic acid groups (broad SMARTS) is 1. The van der Waals surface area contributed by atoms with Gasteiger partial charge in [-0.1, -0.05) is 31.4 Å². The van der Waals surface area contributed by atoms with Crippen LogP contribution in [0.4, 0.5) is 0 Å². The van der Waals surface area contributed by atoms with Crippen LogP contribution in [-0.2, 0) is 16.0 Å². The molecule has 0 bridgehead atoms. The van der Waals surface area contributed by atoms with Gasteiger partial charge in [0.2, 0.25) is 5.91 Å². The number of amides is 1. The second-order valence-corrected chi connectivity index (χ2v) is 8.32. The van der Waals surface area contributed by atoms with Crippen molar-refractivity contribution in [1.82, 2.24) is 10.3 Å². The topological polar surface area (TPSA) is 79.3 Å². The van der Waals surface area contributed by atoms with Gasteiger partial charge in [0, 0.05) is 13.0 Å². The predicted octanol–water partition coefficient (Wildman–Crippen LogP) is 4.16. The standard InChI is InChI=1S/C20H26N2O3S/c23-17(21-14-20(19(24)25)12-6-1-7-13-20)10-4-5-11-18-22-15-8-2-3-9-16(15)26-18/h2-3,8-9H,1,4-7,10-14H2,(H,21,23)(H,24,25). The van der Waals surface area contributed by atoms with Crippen molar-refractivity contribution < 1.29 is 14.7 Å². The first-order valence-corrected chi connectivity index (χ1v) is 10.3. The quantitative estimate of drug-likeness (QED) is 0.680. The highest BCUT2D eigenvalue weighted by atomic mass is 32.1. The number of nitrogens with zero attached hydrogens (tertiary/aromatic N) is 1. The zero-order valence-electron chi connectivity index (χ0n) is 15.0. The summed E-state index contributed by atoms with van der Waals surface area (Å²) in [4.78, 5) is 28.3. The average molecular weight is 375 g/mol. The van der Waals surface area contributed by atoms with Crippen molar-refractivity contribution in [3.05, 3.63) is 29.3 Å². The lowest BCUT2D eigenvalue weighted by Gasteiger charge is -2.33. The molecule has 0 spiro atoms. The molecule has 1 aliphatic rings. The zero-order valence-corrected chi connectivity index (χ0v) is 15.8. The van der Waals surface area contributed by atoms with Gasteiger partial charge in [-0.2, -0.15) is 0 Å². The monoisotopic (exact) mass is 374 g/mol. The molecule has 2 aromatic rings. The van der Waals surface area contributed by atoms with E-state index in [0.717, 1.165) is 49.0 Å². The molecule has 26 heavy (non-hydrogen) atoms. The number of unbranched alkanes of at least 4 members (excludes halogenated alkanes) is 1. The molecule has 2 N–H and O–H groups in total. The van der Waals surface area contributed by atoms with Gasteiger partial charge >= 0.3 is 5.97 Å². The Hall–Kier alpha value is -1.95. The Bertz CT molecular complexity index is 732. The first-order valence-electron chi connectivity index (χ1n) is 9.44. The molecule has 1 aliphatic carbocycles. The number of benzene rings is 1. The lowest BCUT2D eigenvalue weighted by molar-refractivity contribution is -0.151. The molecule has 1 fully saturated rings. The summed E-state index contributed by atoms with van der Waals surface area (Å²) in [5, 5.41) is 13.5. The van der Waals surface area contributed by atoms with E-state index in [-0.39, 0.29) is 12.5 Å². The molecule has 140 valence electrons. The van der Waals surface area contributed by atoms with Gasteiger partial charge in [0.05, 0.1) is 20.6 Å². The van der Waals surface area contributed by atoms with E-state index in [1.54, 1.807) is 11.3 Å².